The molecule has 0 bridgehead atoms. The summed E-state index contributed by atoms with van der Waals surface area (Å²) in [5, 5.41) is 12.9. The molecule has 0 unspecified atom stereocenters. The lowest BCUT2D eigenvalue weighted by Gasteiger charge is -2.16. The van der Waals surface area contributed by atoms with Gasteiger partial charge in [0, 0.05) is 18.7 Å². The summed E-state index contributed by atoms with van der Waals surface area (Å²) in [6.07, 6.45) is 1.78. The molecule has 5 heteroatoms. The van der Waals surface area contributed by atoms with E-state index in [-0.39, 0.29) is 6.61 Å². The average Bonchev–Trinajstić information content (AvgIpc) is 2.89. The van der Waals surface area contributed by atoms with Gasteiger partial charge in [-0.2, -0.15) is 4.98 Å². The average molecular weight is 259 g/mol. The lowest BCUT2D eigenvalue weighted by atomic mass is 10.2. The van der Waals surface area contributed by atoms with Crippen LogP contribution in [0.25, 0.3) is 11.4 Å². The van der Waals surface area contributed by atoms with E-state index in [1.54, 1.807) is 6.08 Å². The van der Waals surface area contributed by atoms with Crippen LogP contribution in [-0.2, 0) is 6.54 Å². The van der Waals surface area contributed by atoms with Gasteiger partial charge in [0.1, 0.15) is 0 Å². The van der Waals surface area contributed by atoms with E-state index in [1.165, 1.54) is 0 Å². The van der Waals surface area contributed by atoms with Crippen molar-refractivity contribution < 1.29 is 9.63 Å². The molecule has 0 aliphatic carbocycles. The van der Waals surface area contributed by atoms with Gasteiger partial charge in [0.25, 0.3) is 0 Å². The largest absolute Gasteiger partial charge is 0.395 e. The lowest BCUT2D eigenvalue weighted by Crippen LogP contribution is -2.26. The van der Waals surface area contributed by atoms with E-state index in [2.05, 4.69) is 16.7 Å². The van der Waals surface area contributed by atoms with Crippen LogP contribution in [0.2, 0.25) is 0 Å². The second kappa shape index (κ2) is 6.82. The zero-order chi connectivity index (χ0) is 13.5. The Labute approximate surface area is 112 Å². The Hall–Kier alpha value is -1.98. The third-order valence-corrected chi connectivity index (χ3v) is 2.66. The molecule has 2 aromatic rings. The Bertz CT molecular complexity index is 510. The third kappa shape index (κ3) is 3.74. The van der Waals surface area contributed by atoms with E-state index in [9.17, 15) is 0 Å². The number of hydrogen-bond donors (Lipinski definition) is 1. The highest BCUT2D eigenvalue weighted by Gasteiger charge is 2.11. The van der Waals surface area contributed by atoms with Crippen LogP contribution in [0.4, 0.5) is 0 Å². The molecule has 0 radical (unpaired) electrons. The summed E-state index contributed by atoms with van der Waals surface area (Å²) in [4.78, 5) is 6.33. The van der Waals surface area contributed by atoms with Gasteiger partial charge in [-0.1, -0.05) is 41.6 Å². The zero-order valence-electron chi connectivity index (χ0n) is 10.7. The molecule has 0 aliphatic heterocycles. The van der Waals surface area contributed by atoms with Gasteiger partial charge in [0.2, 0.25) is 11.7 Å². The van der Waals surface area contributed by atoms with Crippen LogP contribution in [0.3, 0.4) is 0 Å². The summed E-state index contributed by atoms with van der Waals surface area (Å²) < 4.78 is 5.22. The number of hydrogen-bond acceptors (Lipinski definition) is 5. The highest BCUT2D eigenvalue weighted by atomic mass is 16.5. The third-order valence-electron chi connectivity index (χ3n) is 2.66. The Morgan fingerprint density at radius 1 is 1.32 bits per heavy atom. The van der Waals surface area contributed by atoms with Crippen LogP contribution in [-0.4, -0.2) is 39.8 Å². The first-order chi connectivity index (χ1) is 9.33. The number of rotatable bonds is 7. The minimum absolute atomic E-state index is 0.0908. The number of nitrogens with zero attached hydrogens (tertiary/aromatic N) is 3. The lowest BCUT2D eigenvalue weighted by molar-refractivity contribution is 0.186. The van der Waals surface area contributed by atoms with Crippen molar-refractivity contribution in [3.05, 3.63) is 48.9 Å². The molecular formula is C14H17N3O2. The molecule has 0 saturated carbocycles. The molecule has 19 heavy (non-hydrogen) atoms. The first kappa shape index (κ1) is 13.5. The van der Waals surface area contributed by atoms with E-state index >= 15 is 0 Å². The maximum absolute atomic E-state index is 8.98. The summed E-state index contributed by atoms with van der Waals surface area (Å²) in [6.45, 7) is 5.51. The van der Waals surface area contributed by atoms with Crippen molar-refractivity contribution >= 4 is 0 Å². The van der Waals surface area contributed by atoms with Gasteiger partial charge in [-0.15, -0.1) is 6.58 Å². The van der Waals surface area contributed by atoms with E-state index in [4.69, 9.17) is 9.63 Å². The Morgan fingerprint density at radius 3 is 2.79 bits per heavy atom. The molecule has 5 nitrogen and oxygen atoms in total. The highest BCUT2D eigenvalue weighted by Crippen LogP contribution is 2.15. The molecule has 0 fully saturated rings. The van der Waals surface area contributed by atoms with Crippen molar-refractivity contribution in [3.63, 3.8) is 0 Å². The maximum Gasteiger partial charge on any atom is 0.241 e. The van der Waals surface area contributed by atoms with Crippen molar-refractivity contribution in [2.24, 2.45) is 0 Å². The quantitative estimate of drug-likeness (QED) is 0.767. The number of benzene rings is 1. The van der Waals surface area contributed by atoms with Gasteiger partial charge in [-0.25, -0.2) is 0 Å². The zero-order valence-corrected chi connectivity index (χ0v) is 10.7. The number of aromatic nitrogens is 2. The second-order valence-corrected chi connectivity index (χ2v) is 4.13. The Kier molecular flexibility index (Phi) is 4.83. The fraction of sp³-hybridized carbons (Fsp3) is 0.286. The molecule has 0 aliphatic rings. The first-order valence-corrected chi connectivity index (χ1v) is 6.15. The molecule has 0 saturated heterocycles. The second-order valence-electron chi connectivity index (χ2n) is 4.13. The Morgan fingerprint density at radius 2 is 2.11 bits per heavy atom. The molecule has 1 N–H and O–H groups in total. The van der Waals surface area contributed by atoms with Crippen molar-refractivity contribution in [1.29, 1.82) is 0 Å². The fourth-order valence-electron chi connectivity index (χ4n) is 1.77. The monoisotopic (exact) mass is 259 g/mol. The van der Waals surface area contributed by atoms with Crippen molar-refractivity contribution in [3.8, 4) is 11.4 Å². The van der Waals surface area contributed by atoms with Crippen molar-refractivity contribution in [2.45, 2.75) is 6.54 Å². The van der Waals surface area contributed by atoms with Crippen LogP contribution >= 0.6 is 0 Å². The SMILES string of the molecule is C=CCN(CCO)Cc1nc(-c2ccccc2)no1. The van der Waals surface area contributed by atoms with Crippen LogP contribution in [0, 0.1) is 0 Å². The topological polar surface area (TPSA) is 62.4 Å². The van der Waals surface area contributed by atoms with Crippen LogP contribution in [0.1, 0.15) is 5.89 Å². The van der Waals surface area contributed by atoms with Gasteiger partial charge in [-0.3, -0.25) is 4.90 Å². The highest BCUT2D eigenvalue weighted by molar-refractivity contribution is 5.53. The van der Waals surface area contributed by atoms with Gasteiger partial charge >= 0.3 is 0 Å². The van der Waals surface area contributed by atoms with Gasteiger partial charge in [0.05, 0.1) is 13.2 Å². The summed E-state index contributed by atoms with van der Waals surface area (Å²) in [7, 11) is 0. The molecular weight excluding hydrogens is 242 g/mol. The molecule has 0 spiro atoms. The van der Waals surface area contributed by atoms with Gasteiger partial charge in [-0.05, 0) is 0 Å². The van der Waals surface area contributed by atoms with E-state index in [1.807, 2.05) is 35.2 Å². The number of aliphatic hydroxyl groups excluding tert-OH is 1. The standard InChI is InChI=1S/C14H17N3O2/c1-2-8-17(9-10-18)11-13-15-14(16-19-13)12-6-4-3-5-7-12/h2-7,18H,1,8-11H2. The minimum Gasteiger partial charge on any atom is -0.395 e. The van der Waals surface area contributed by atoms with Crippen LogP contribution < -0.4 is 0 Å². The number of aliphatic hydroxyl groups is 1. The summed E-state index contributed by atoms with van der Waals surface area (Å²) in [6, 6.07) is 9.67. The molecule has 1 aromatic carbocycles. The minimum atomic E-state index is 0.0908. The maximum atomic E-state index is 8.98. The summed E-state index contributed by atoms with van der Waals surface area (Å²) >= 11 is 0. The normalized spacial score (nSPS) is 10.8. The fourth-order valence-corrected chi connectivity index (χ4v) is 1.77. The molecule has 0 atom stereocenters. The first-order valence-electron chi connectivity index (χ1n) is 6.15. The molecule has 100 valence electrons. The molecule has 0 amide bonds. The Balaban J connectivity index is 2.06. The predicted octanol–water partition coefficient (Wildman–Crippen LogP) is 1.72. The van der Waals surface area contributed by atoms with E-state index in [0.29, 0.717) is 31.3 Å². The van der Waals surface area contributed by atoms with Crippen molar-refractivity contribution in [2.75, 3.05) is 19.7 Å². The van der Waals surface area contributed by atoms with Gasteiger partial charge < -0.3 is 9.63 Å². The molecule has 2 rings (SSSR count). The summed E-state index contributed by atoms with van der Waals surface area (Å²) in [5.74, 6) is 1.12. The predicted molar refractivity (Wildman–Crippen MR) is 72.3 cm³/mol. The molecule has 1 aromatic heterocycles. The van der Waals surface area contributed by atoms with Gasteiger partial charge in [0.15, 0.2) is 0 Å². The smallest absolute Gasteiger partial charge is 0.241 e. The van der Waals surface area contributed by atoms with Crippen LogP contribution in [0.15, 0.2) is 47.5 Å². The van der Waals surface area contributed by atoms with E-state index in [0.717, 1.165) is 5.56 Å². The summed E-state index contributed by atoms with van der Waals surface area (Å²) in [5.41, 5.74) is 0.926. The van der Waals surface area contributed by atoms with E-state index < -0.39 is 0 Å². The van der Waals surface area contributed by atoms with Crippen LogP contribution in [0.5, 0.6) is 0 Å². The van der Waals surface area contributed by atoms with Crippen molar-refractivity contribution in [1.82, 2.24) is 15.0 Å². The molecule has 1 heterocycles.